The molecule has 1 rings (SSSR count). The van der Waals surface area contributed by atoms with Crippen LogP contribution in [0.15, 0.2) is 24.3 Å². The summed E-state index contributed by atoms with van der Waals surface area (Å²) in [5.41, 5.74) is 1.65. The van der Waals surface area contributed by atoms with E-state index in [1.54, 1.807) is 0 Å². The molecule has 2 N–H and O–H groups in total. The van der Waals surface area contributed by atoms with Crippen molar-refractivity contribution < 1.29 is 5.11 Å². The highest BCUT2D eigenvalue weighted by Gasteiger charge is 2.23. The van der Waals surface area contributed by atoms with E-state index in [2.05, 4.69) is 58.1 Å². The van der Waals surface area contributed by atoms with Crippen LogP contribution in [0.2, 0.25) is 0 Å². The molecule has 0 aliphatic carbocycles. The summed E-state index contributed by atoms with van der Waals surface area (Å²) < 4.78 is 0. The van der Waals surface area contributed by atoms with Gasteiger partial charge in [-0.15, -0.1) is 0 Å². The first-order chi connectivity index (χ1) is 9.10. The maximum Gasteiger partial charge on any atom is 0.0880 e. The molecule has 0 heterocycles. The lowest BCUT2D eigenvalue weighted by Gasteiger charge is -2.28. The predicted molar refractivity (Wildman–Crippen MR) is 86.9 cm³/mol. The molecule has 0 aliphatic rings. The van der Waals surface area contributed by atoms with Crippen LogP contribution in [0.25, 0.3) is 0 Å². The molecule has 1 unspecified atom stereocenters. The second-order valence-corrected chi connectivity index (χ2v) is 7.50. The number of hydrogen-bond acceptors (Lipinski definition) is 2. The number of hydrogen-bond donors (Lipinski definition) is 2. The molecule has 0 saturated carbocycles. The van der Waals surface area contributed by atoms with Gasteiger partial charge in [-0.1, -0.05) is 38.1 Å². The minimum atomic E-state index is -0.773. The Morgan fingerprint density at radius 1 is 1.15 bits per heavy atom. The number of nitrogens with one attached hydrogen (secondary N) is 1. The van der Waals surface area contributed by atoms with E-state index >= 15 is 0 Å². The third-order valence-electron chi connectivity index (χ3n) is 3.46. The highest BCUT2D eigenvalue weighted by Crippen LogP contribution is 2.25. The Labute approximate surface area is 124 Å². The second kappa shape index (κ2) is 6.73. The van der Waals surface area contributed by atoms with Crippen molar-refractivity contribution in [2.75, 3.05) is 6.54 Å². The lowest BCUT2D eigenvalue weighted by molar-refractivity contribution is 0.0463. The van der Waals surface area contributed by atoms with Gasteiger partial charge in [-0.05, 0) is 64.1 Å². The SMILES string of the molecule is CC(C)Cc1cccc(C(C)(O)CCNC(C)(C)C)c1. The molecule has 0 aliphatic heterocycles. The van der Waals surface area contributed by atoms with Crippen molar-refractivity contribution in [3.05, 3.63) is 35.4 Å². The predicted octanol–water partition coefficient (Wildman–Crippen LogP) is 3.87. The molecule has 2 nitrogen and oxygen atoms in total. The second-order valence-electron chi connectivity index (χ2n) is 7.50. The van der Waals surface area contributed by atoms with Crippen LogP contribution in [0, 0.1) is 5.92 Å². The van der Waals surface area contributed by atoms with Gasteiger partial charge in [0.25, 0.3) is 0 Å². The summed E-state index contributed by atoms with van der Waals surface area (Å²) in [5, 5.41) is 14.1. The van der Waals surface area contributed by atoms with Crippen molar-refractivity contribution in [1.82, 2.24) is 5.32 Å². The highest BCUT2D eigenvalue weighted by atomic mass is 16.3. The minimum Gasteiger partial charge on any atom is -0.385 e. The first kappa shape index (κ1) is 17.2. The summed E-state index contributed by atoms with van der Waals surface area (Å²) in [6, 6.07) is 8.38. The largest absolute Gasteiger partial charge is 0.385 e. The van der Waals surface area contributed by atoms with Crippen LogP contribution < -0.4 is 5.32 Å². The molecule has 2 heteroatoms. The highest BCUT2D eigenvalue weighted by molar-refractivity contribution is 5.28. The fraction of sp³-hybridized carbons (Fsp3) is 0.667. The van der Waals surface area contributed by atoms with Crippen LogP contribution in [0.5, 0.6) is 0 Å². The fourth-order valence-corrected chi connectivity index (χ4v) is 2.33. The molecule has 0 aromatic heterocycles. The zero-order valence-electron chi connectivity index (χ0n) is 14.0. The number of benzene rings is 1. The molecule has 1 aromatic rings. The summed E-state index contributed by atoms with van der Waals surface area (Å²) in [7, 11) is 0. The van der Waals surface area contributed by atoms with Crippen LogP contribution >= 0.6 is 0 Å². The summed E-state index contributed by atoms with van der Waals surface area (Å²) in [6.07, 6.45) is 1.78. The molecule has 20 heavy (non-hydrogen) atoms. The molecule has 114 valence electrons. The Morgan fingerprint density at radius 2 is 1.80 bits per heavy atom. The monoisotopic (exact) mass is 277 g/mol. The Morgan fingerprint density at radius 3 is 2.35 bits per heavy atom. The zero-order valence-corrected chi connectivity index (χ0v) is 14.0. The van der Waals surface area contributed by atoms with Crippen molar-refractivity contribution in [2.45, 2.75) is 65.5 Å². The average Bonchev–Trinajstić information content (AvgIpc) is 2.26. The summed E-state index contributed by atoms with van der Waals surface area (Å²) in [5.74, 6) is 0.637. The quantitative estimate of drug-likeness (QED) is 0.827. The van der Waals surface area contributed by atoms with Crippen molar-refractivity contribution in [2.24, 2.45) is 5.92 Å². The van der Waals surface area contributed by atoms with E-state index in [0.717, 1.165) is 24.9 Å². The molecule has 0 bridgehead atoms. The van der Waals surface area contributed by atoms with Crippen LogP contribution in [0.1, 0.15) is 59.1 Å². The Hall–Kier alpha value is -0.860. The summed E-state index contributed by atoms with van der Waals surface area (Å²) in [4.78, 5) is 0. The molecule has 1 aromatic carbocycles. The maximum atomic E-state index is 10.7. The van der Waals surface area contributed by atoms with Gasteiger partial charge in [0.2, 0.25) is 0 Å². The third kappa shape index (κ3) is 6.06. The van der Waals surface area contributed by atoms with E-state index in [4.69, 9.17) is 0 Å². The van der Waals surface area contributed by atoms with Gasteiger partial charge < -0.3 is 10.4 Å². The molecule has 0 saturated heterocycles. The Kier molecular flexibility index (Phi) is 5.79. The minimum absolute atomic E-state index is 0.0928. The van der Waals surface area contributed by atoms with Crippen molar-refractivity contribution >= 4 is 0 Å². The third-order valence-corrected chi connectivity index (χ3v) is 3.46. The normalized spacial score (nSPS) is 15.4. The first-order valence-corrected chi connectivity index (χ1v) is 7.67. The lowest BCUT2D eigenvalue weighted by atomic mass is 9.89. The fourth-order valence-electron chi connectivity index (χ4n) is 2.33. The summed E-state index contributed by atoms with van der Waals surface area (Å²) >= 11 is 0. The topological polar surface area (TPSA) is 32.3 Å². The van der Waals surface area contributed by atoms with Crippen LogP contribution in [-0.4, -0.2) is 17.2 Å². The molecular formula is C18H31NO. The van der Waals surface area contributed by atoms with Crippen LogP contribution in [0.3, 0.4) is 0 Å². The molecular weight excluding hydrogens is 246 g/mol. The Bertz CT molecular complexity index is 416. The lowest BCUT2D eigenvalue weighted by Crippen LogP contribution is -2.39. The van der Waals surface area contributed by atoms with E-state index < -0.39 is 5.60 Å². The van der Waals surface area contributed by atoms with E-state index in [0.29, 0.717) is 5.92 Å². The van der Waals surface area contributed by atoms with Gasteiger partial charge >= 0.3 is 0 Å². The number of aliphatic hydroxyl groups is 1. The van der Waals surface area contributed by atoms with E-state index in [1.165, 1.54) is 5.56 Å². The van der Waals surface area contributed by atoms with Crippen molar-refractivity contribution in [3.63, 3.8) is 0 Å². The molecule has 0 fully saturated rings. The average molecular weight is 277 g/mol. The molecule has 0 amide bonds. The van der Waals surface area contributed by atoms with E-state index in [-0.39, 0.29) is 5.54 Å². The van der Waals surface area contributed by atoms with Gasteiger partial charge in [0.05, 0.1) is 5.60 Å². The maximum absolute atomic E-state index is 10.7. The van der Waals surface area contributed by atoms with Gasteiger partial charge in [0, 0.05) is 5.54 Å². The Balaban J connectivity index is 2.71. The van der Waals surface area contributed by atoms with Crippen molar-refractivity contribution in [3.8, 4) is 0 Å². The molecule has 1 atom stereocenters. The van der Waals surface area contributed by atoms with Gasteiger partial charge in [-0.3, -0.25) is 0 Å². The van der Waals surface area contributed by atoms with Crippen LogP contribution in [-0.2, 0) is 12.0 Å². The van der Waals surface area contributed by atoms with Gasteiger partial charge in [0.15, 0.2) is 0 Å². The zero-order chi connectivity index (χ0) is 15.4. The number of rotatable bonds is 6. The molecule has 0 spiro atoms. The molecule has 0 radical (unpaired) electrons. The smallest absolute Gasteiger partial charge is 0.0880 e. The van der Waals surface area contributed by atoms with Crippen molar-refractivity contribution in [1.29, 1.82) is 0 Å². The van der Waals surface area contributed by atoms with Gasteiger partial charge in [0.1, 0.15) is 0 Å². The standard InChI is InChI=1S/C18H31NO/c1-14(2)12-15-8-7-9-16(13-15)18(6,20)10-11-19-17(3,4)5/h7-9,13-14,19-20H,10-12H2,1-6H3. The summed E-state index contributed by atoms with van der Waals surface area (Å²) in [6.45, 7) is 13.6. The van der Waals surface area contributed by atoms with Crippen LogP contribution in [0.4, 0.5) is 0 Å². The van der Waals surface area contributed by atoms with E-state index in [1.807, 2.05) is 13.0 Å². The van der Waals surface area contributed by atoms with Gasteiger partial charge in [-0.2, -0.15) is 0 Å². The van der Waals surface area contributed by atoms with E-state index in [9.17, 15) is 5.11 Å². The first-order valence-electron chi connectivity index (χ1n) is 7.67. The van der Waals surface area contributed by atoms with Gasteiger partial charge in [-0.25, -0.2) is 0 Å².